The van der Waals surface area contributed by atoms with Crippen LogP contribution in [-0.4, -0.2) is 30.3 Å². The van der Waals surface area contributed by atoms with Gasteiger partial charge in [0.1, 0.15) is 6.04 Å². The van der Waals surface area contributed by atoms with Crippen LogP contribution in [0.1, 0.15) is 43.0 Å². The fourth-order valence-electron chi connectivity index (χ4n) is 2.28. The fourth-order valence-corrected chi connectivity index (χ4v) is 2.28. The van der Waals surface area contributed by atoms with Gasteiger partial charge in [-0.25, -0.2) is 0 Å². The third-order valence-corrected chi connectivity index (χ3v) is 3.56. The minimum absolute atomic E-state index is 0.0998. The molecule has 0 aromatic heterocycles. The molecular formula is C16H21N3O3. The molecule has 0 fully saturated rings. The zero-order valence-electron chi connectivity index (χ0n) is 12.6. The third-order valence-electron chi connectivity index (χ3n) is 3.56. The number of rotatable bonds is 6. The Labute approximate surface area is 129 Å². The molecule has 1 aromatic carbocycles. The number of benzene rings is 1. The molecule has 22 heavy (non-hydrogen) atoms. The second-order valence-corrected chi connectivity index (χ2v) is 5.30. The summed E-state index contributed by atoms with van der Waals surface area (Å²) in [6.45, 7) is 2.69. The fraction of sp³-hybridized carbons (Fsp3) is 0.438. The van der Waals surface area contributed by atoms with Crippen LogP contribution in [0, 0.1) is 0 Å². The molecule has 1 atom stereocenters. The van der Waals surface area contributed by atoms with Gasteiger partial charge < -0.3 is 16.0 Å². The highest BCUT2D eigenvalue weighted by molar-refractivity contribution is 6.09. The molecule has 0 bridgehead atoms. The lowest BCUT2D eigenvalue weighted by atomic mass is 10.1. The number of anilines is 1. The van der Waals surface area contributed by atoms with Crippen molar-refractivity contribution in [1.82, 2.24) is 10.6 Å². The summed E-state index contributed by atoms with van der Waals surface area (Å²) < 4.78 is 0. The van der Waals surface area contributed by atoms with Gasteiger partial charge in [-0.1, -0.05) is 25.5 Å². The van der Waals surface area contributed by atoms with Crippen LogP contribution in [-0.2, 0) is 9.59 Å². The Bertz CT molecular complexity index is 572. The summed E-state index contributed by atoms with van der Waals surface area (Å²) in [4.78, 5) is 35.9. The van der Waals surface area contributed by atoms with E-state index in [4.69, 9.17) is 0 Å². The number of hydrogen-bond donors (Lipinski definition) is 3. The first-order chi connectivity index (χ1) is 10.6. The van der Waals surface area contributed by atoms with E-state index in [9.17, 15) is 14.4 Å². The van der Waals surface area contributed by atoms with Crippen LogP contribution in [0.5, 0.6) is 0 Å². The van der Waals surface area contributed by atoms with Crippen molar-refractivity contribution in [2.45, 2.75) is 38.6 Å². The van der Waals surface area contributed by atoms with Crippen molar-refractivity contribution in [2.75, 3.05) is 11.9 Å². The van der Waals surface area contributed by atoms with E-state index in [1.54, 1.807) is 24.3 Å². The average Bonchev–Trinajstić information content (AvgIpc) is 2.63. The van der Waals surface area contributed by atoms with Crippen LogP contribution in [0.15, 0.2) is 24.3 Å². The predicted octanol–water partition coefficient (Wildman–Crippen LogP) is 1.43. The van der Waals surface area contributed by atoms with Gasteiger partial charge in [0.05, 0.1) is 11.3 Å². The predicted molar refractivity (Wildman–Crippen MR) is 83.5 cm³/mol. The molecule has 1 aromatic rings. The number of para-hydroxylation sites is 1. The lowest BCUT2D eigenvalue weighted by Gasteiger charge is -2.14. The van der Waals surface area contributed by atoms with Gasteiger partial charge in [-0.05, 0) is 25.0 Å². The normalized spacial score (nSPS) is 17.0. The van der Waals surface area contributed by atoms with E-state index in [0.29, 0.717) is 17.8 Å². The lowest BCUT2D eigenvalue weighted by molar-refractivity contribution is -0.121. The van der Waals surface area contributed by atoms with Gasteiger partial charge in [0.2, 0.25) is 11.8 Å². The second-order valence-electron chi connectivity index (χ2n) is 5.30. The maximum absolute atomic E-state index is 12.1. The quantitative estimate of drug-likeness (QED) is 0.695. The molecule has 0 spiro atoms. The van der Waals surface area contributed by atoms with Crippen molar-refractivity contribution in [1.29, 1.82) is 0 Å². The molecule has 0 saturated carbocycles. The second kappa shape index (κ2) is 7.59. The van der Waals surface area contributed by atoms with Crippen molar-refractivity contribution in [3.05, 3.63) is 29.8 Å². The summed E-state index contributed by atoms with van der Waals surface area (Å²) >= 11 is 0. The van der Waals surface area contributed by atoms with Crippen LogP contribution < -0.4 is 16.0 Å². The number of amides is 3. The van der Waals surface area contributed by atoms with E-state index in [1.165, 1.54) is 0 Å². The largest absolute Gasteiger partial charge is 0.356 e. The lowest BCUT2D eigenvalue weighted by Crippen LogP contribution is -2.42. The molecule has 0 aliphatic carbocycles. The summed E-state index contributed by atoms with van der Waals surface area (Å²) in [7, 11) is 0. The Balaban J connectivity index is 1.92. The summed E-state index contributed by atoms with van der Waals surface area (Å²) in [5.74, 6) is -0.692. The standard InChI is InChI=1S/C16H21N3O3/c1-2-3-10-17-14(20)9-8-13-16(22)18-12-7-5-4-6-11(12)15(21)19-13/h4-7,13H,2-3,8-10H2,1H3,(H,17,20)(H,18,22)(H,19,21). The van der Waals surface area contributed by atoms with Crippen LogP contribution in [0.3, 0.4) is 0 Å². The van der Waals surface area contributed by atoms with Crippen LogP contribution >= 0.6 is 0 Å². The molecule has 1 heterocycles. The Morgan fingerprint density at radius 2 is 2.05 bits per heavy atom. The summed E-state index contributed by atoms with van der Waals surface area (Å²) in [5.41, 5.74) is 0.936. The number of hydrogen-bond acceptors (Lipinski definition) is 3. The Kier molecular flexibility index (Phi) is 5.52. The van der Waals surface area contributed by atoms with Gasteiger partial charge in [0, 0.05) is 13.0 Å². The smallest absolute Gasteiger partial charge is 0.254 e. The van der Waals surface area contributed by atoms with Crippen LogP contribution in [0.4, 0.5) is 5.69 Å². The van der Waals surface area contributed by atoms with Crippen molar-refractivity contribution < 1.29 is 14.4 Å². The molecular weight excluding hydrogens is 282 g/mol. The Hall–Kier alpha value is -2.37. The van der Waals surface area contributed by atoms with E-state index in [1.807, 2.05) is 0 Å². The number of unbranched alkanes of at least 4 members (excludes halogenated alkanes) is 1. The van der Waals surface area contributed by atoms with E-state index < -0.39 is 6.04 Å². The van der Waals surface area contributed by atoms with E-state index in [2.05, 4.69) is 22.9 Å². The highest BCUT2D eigenvalue weighted by atomic mass is 16.2. The first-order valence-electron chi connectivity index (χ1n) is 7.59. The molecule has 6 heteroatoms. The maximum atomic E-state index is 12.1. The van der Waals surface area contributed by atoms with Crippen LogP contribution in [0.25, 0.3) is 0 Å². The molecule has 3 N–H and O–H groups in total. The molecule has 0 radical (unpaired) electrons. The van der Waals surface area contributed by atoms with E-state index in [-0.39, 0.29) is 30.6 Å². The van der Waals surface area contributed by atoms with Crippen molar-refractivity contribution in [3.8, 4) is 0 Å². The molecule has 1 aliphatic heterocycles. The highest BCUT2D eigenvalue weighted by Gasteiger charge is 2.27. The van der Waals surface area contributed by atoms with E-state index >= 15 is 0 Å². The molecule has 1 aliphatic rings. The minimum atomic E-state index is -0.697. The van der Waals surface area contributed by atoms with Gasteiger partial charge in [0.15, 0.2) is 0 Å². The number of nitrogens with one attached hydrogen (secondary N) is 3. The van der Waals surface area contributed by atoms with E-state index in [0.717, 1.165) is 12.8 Å². The van der Waals surface area contributed by atoms with Gasteiger partial charge in [-0.2, -0.15) is 0 Å². The Morgan fingerprint density at radius 3 is 2.82 bits per heavy atom. The minimum Gasteiger partial charge on any atom is -0.356 e. The van der Waals surface area contributed by atoms with Gasteiger partial charge >= 0.3 is 0 Å². The molecule has 118 valence electrons. The number of carbonyl (C=O) groups excluding carboxylic acids is 3. The number of carbonyl (C=O) groups is 3. The topological polar surface area (TPSA) is 87.3 Å². The zero-order chi connectivity index (χ0) is 15.9. The van der Waals surface area contributed by atoms with Crippen LogP contribution in [0.2, 0.25) is 0 Å². The first-order valence-corrected chi connectivity index (χ1v) is 7.59. The average molecular weight is 303 g/mol. The SMILES string of the molecule is CCCCNC(=O)CCC1NC(=O)c2ccccc2NC1=O. The maximum Gasteiger partial charge on any atom is 0.254 e. The third kappa shape index (κ3) is 4.07. The molecule has 1 unspecified atom stereocenters. The first kappa shape index (κ1) is 16.0. The Morgan fingerprint density at radius 1 is 1.27 bits per heavy atom. The molecule has 6 nitrogen and oxygen atoms in total. The monoisotopic (exact) mass is 303 g/mol. The zero-order valence-corrected chi connectivity index (χ0v) is 12.6. The van der Waals surface area contributed by atoms with Gasteiger partial charge in [0.25, 0.3) is 5.91 Å². The summed E-state index contributed by atoms with van der Waals surface area (Å²) in [6.07, 6.45) is 2.43. The molecule has 0 saturated heterocycles. The highest BCUT2D eigenvalue weighted by Crippen LogP contribution is 2.19. The van der Waals surface area contributed by atoms with Crippen molar-refractivity contribution >= 4 is 23.4 Å². The van der Waals surface area contributed by atoms with Crippen molar-refractivity contribution in [2.24, 2.45) is 0 Å². The van der Waals surface area contributed by atoms with Gasteiger partial charge in [-0.3, -0.25) is 14.4 Å². The molecule has 3 amide bonds. The summed E-state index contributed by atoms with van der Waals surface area (Å²) in [5, 5.41) is 8.20. The summed E-state index contributed by atoms with van der Waals surface area (Å²) in [6, 6.07) is 6.15. The van der Waals surface area contributed by atoms with Gasteiger partial charge in [-0.15, -0.1) is 0 Å². The molecule has 2 rings (SSSR count). The van der Waals surface area contributed by atoms with Crippen molar-refractivity contribution in [3.63, 3.8) is 0 Å². The number of fused-ring (bicyclic) bond motifs is 1.